The van der Waals surface area contributed by atoms with Crippen molar-refractivity contribution in [2.75, 3.05) is 58.7 Å². The van der Waals surface area contributed by atoms with Crippen LogP contribution >= 0.6 is 0 Å². The number of para-hydroxylation sites is 1. The summed E-state index contributed by atoms with van der Waals surface area (Å²) in [5.41, 5.74) is 4.56. The minimum absolute atomic E-state index is 0.0305. The fraction of sp³-hybridized carbons (Fsp3) is 0.500. The number of anilines is 1. The molecule has 3 aromatic rings. The molecule has 0 radical (unpaired) electrons. The van der Waals surface area contributed by atoms with E-state index in [1.165, 1.54) is 32.1 Å². The number of amides is 1. The molecule has 2 heterocycles. The fourth-order valence-corrected chi connectivity index (χ4v) is 7.21. The summed E-state index contributed by atoms with van der Waals surface area (Å²) in [4.78, 5) is 31.8. The minimum Gasteiger partial charge on any atom is -0.496 e. The number of unbranched alkanes of at least 4 members (excludes halogenated alkanes) is 4. The molecule has 48 heavy (non-hydrogen) atoms. The van der Waals surface area contributed by atoms with Crippen LogP contribution in [-0.2, 0) is 11.3 Å². The molecule has 0 bridgehead atoms. The quantitative estimate of drug-likeness (QED) is 0.125. The first-order valence-electron chi connectivity index (χ1n) is 17.9. The first-order valence-corrected chi connectivity index (χ1v) is 17.9. The van der Waals surface area contributed by atoms with Gasteiger partial charge in [0.1, 0.15) is 11.9 Å². The Labute approximate surface area is 287 Å². The van der Waals surface area contributed by atoms with Crippen LogP contribution < -0.4 is 10.1 Å². The van der Waals surface area contributed by atoms with E-state index in [2.05, 4.69) is 27.1 Å². The van der Waals surface area contributed by atoms with Crippen molar-refractivity contribution >= 4 is 18.1 Å². The molecule has 5 rings (SSSR count). The Morgan fingerprint density at radius 2 is 1.52 bits per heavy atom. The van der Waals surface area contributed by atoms with E-state index in [0.29, 0.717) is 6.04 Å². The first-order chi connectivity index (χ1) is 23.5. The molecule has 2 aliphatic heterocycles. The summed E-state index contributed by atoms with van der Waals surface area (Å²) < 4.78 is 11.3. The second kappa shape index (κ2) is 18.7. The fourth-order valence-electron chi connectivity index (χ4n) is 7.21. The molecule has 2 fully saturated rings. The molecule has 1 amide bonds. The Balaban J connectivity index is 0.896. The van der Waals surface area contributed by atoms with Crippen LogP contribution in [0.3, 0.4) is 0 Å². The molecular formula is C40H54N4O4. The van der Waals surface area contributed by atoms with Crippen LogP contribution in [-0.4, -0.2) is 92.7 Å². The molecule has 0 saturated carbocycles. The van der Waals surface area contributed by atoms with E-state index in [1.807, 2.05) is 72.8 Å². The van der Waals surface area contributed by atoms with E-state index in [0.717, 1.165) is 111 Å². The van der Waals surface area contributed by atoms with Crippen molar-refractivity contribution in [3.63, 3.8) is 0 Å². The Bertz CT molecular complexity index is 1420. The maximum Gasteiger partial charge on any atom is 0.411 e. The number of nitrogens with one attached hydrogen (secondary N) is 1. The molecule has 0 atom stereocenters. The lowest BCUT2D eigenvalue weighted by Gasteiger charge is -2.37. The van der Waals surface area contributed by atoms with Crippen LogP contribution in [0.15, 0.2) is 72.8 Å². The molecule has 2 aliphatic rings. The monoisotopic (exact) mass is 654 g/mol. The van der Waals surface area contributed by atoms with Crippen LogP contribution in [0, 0.1) is 0 Å². The second-order valence-electron chi connectivity index (χ2n) is 13.4. The van der Waals surface area contributed by atoms with Crippen LogP contribution in [0.4, 0.5) is 10.5 Å². The van der Waals surface area contributed by atoms with Crippen molar-refractivity contribution in [1.82, 2.24) is 14.7 Å². The second-order valence-corrected chi connectivity index (χ2v) is 13.4. The van der Waals surface area contributed by atoms with E-state index >= 15 is 0 Å². The molecule has 3 aromatic carbocycles. The lowest BCUT2D eigenvalue weighted by Crippen LogP contribution is -2.43. The molecule has 0 aromatic heterocycles. The predicted molar refractivity (Wildman–Crippen MR) is 194 cm³/mol. The first kappa shape index (κ1) is 35.6. The zero-order chi connectivity index (χ0) is 33.6. The predicted octanol–water partition coefficient (Wildman–Crippen LogP) is 7.73. The van der Waals surface area contributed by atoms with Gasteiger partial charge in [0.15, 0.2) is 6.29 Å². The van der Waals surface area contributed by atoms with Gasteiger partial charge in [-0.2, -0.15) is 0 Å². The number of carbonyl (C=O) groups is 2. The number of rotatable bonds is 16. The maximum atomic E-state index is 12.7. The molecule has 0 spiro atoms. The number of methoxy groups -OCH3 is 1. The van der Waals surface area contributed by atoms with Crippen LogP contribution in [0.5, 0.6) is 5.75 Å². The van der Waals surface area contributed by atoms with Crippen LogP contribution in [0.25, 0.3) is 11.1 Å². The van der Waals surface area contributed by atoms with Gasteiger partial charge in [-0.1, -0.05) is 79.9 Å². The highest BCUT2D eigenvalue weighted by atomic mass is 16.6. The highest BCUT2D eigenvalue weighted by molar-refractivity contribution is 5.91. The van der Waals surface area contributed by atoms with E-state index < -0.39 is 0 Å². The number of likely N-dealkylation sites (tertiary alicyclic amines) is 2. The topological polar surface area (TPSA) is 74.3 Å². The van der Waals surface area contributed by atoms with Crippen molar-refractivity contribution in [3.8, 4) is 16.9 Å². The summed E-state index contributed by atoms with van der Waals surface area (Å²) in [6.07, 6.45) is 11.0. The molecule has 0 aliphatic carbocycles. The van der Waals surface area contributed by atoms with Gasteiger partial charge in [0.2, 0.25) is 0 Å². The third-order valence-corrected chi connectivity index (χ3v) is 10.1. The van der Waals surface area contributed by atoms with Crippen LogP contribution in [0.2, 0.25) is 0 Å². The Morgan fingerprint density at radius 1 is 0.833 bits per heavy atom. The van der Waals surface area contributed by atoms with Crippen molar-refractivity contribution in [2.45, 2.75) is 76.5 Å². The zero-order valence-corrected chi connectivity index (χ0v) is 28.9. The number of carbonyl (C=O) groups excluding carboxylic acids is 2. The Hall–Kier alpha value is -3.72. The third-order valence-electron chi connectivity index (χ3n) is 10.1. The van der Waals surface area contributed by atoms with E-state index in [4.69, 9.17) is 9.47 Å². The van der Waals surface area contributed by atoms with Gasteiger partial charge in [-0.3, -0.25) is 15.0 Å². The number of benzene rings is 3. The average molecular weight is 655 g/mol. The van der Waals surface area contributed by atoms with Crippen molar-refractivity contribution in [2.24, 2.45) is 0 Å². The largest absolute Gasteiger partial charge is 0.496 e. The number of piperidine rings is 2. The molecule has 2 saturated heterocycles. The van der Waals surface area contributed by atoms with Crippen LogP contribution in [0.1, 0.15) is 73.7 Å². The SMILES string of the molecule is COc1cccc(C=O)c1CN1CCC(N(C)CCCCCCCN2CCC(OC(=O)Nc3ccccc3-c3ccccc3)CC2)CC1. The Morgan fingerprint density at radius 3 is 2.27 bits per heavy atom. The lowest BCUT2D eigenvalue weighted by molar-refractivity contribution is 0.0584. The molecule has 1 N–H and O–H groups in total. The summed E-state index contributed by atoms with van der Waals surface area (Å²) in [6.45, 7) is 7.12. The van der Waals surface area contributed by atoms with Gasteiger partial charge in [-0.15, -0.1) is 0 Å². The molecule has 0 unspecified atom stereocenters. The molecule has 258 valence electrons. The van der Waals surface area contributed by atoms with Crippen molar-refractivity contribution in [3.05, 3.63) is 83.9 Å². The van der Waals surface area contributed by atoms with Gasteiger partial charge in [-0.05, 0) is 89.4 Å². The molecule has 8 nitrogen and oxygen atoms in total. The Kier molecular flexibility index (Phi) is 13.9. The summed E-state index contributed by atoms with van der Waals surface area (Å²) >= 11 is 0. The number of nitrogens with zero attached hydrogens (tertiary/aromatic N) is 3. The molecule has 8 heteroatoms. The smallest absolute Gasteiger partial charge is 0.411 e. The number of hydrogen-bond acceptors (Lipinski definition) is 7. The van der Waals surface area contributed by atoms with Gasteiger partial charge >= 0.3 is 6.09 Å². The van der Waals surface area contributed by atoms with E-state index in [-0.39, 0.29) is 12.2 Å². The van der Waals surface area contributed by atoms with Gasteiger partial charge in [0, 0.05) is 42.4 Å². The van der Waals surface area contributed by atoms with Crippen molar-refractivity contribution < 1.29 is 19.1 Å². The standard InChI is InChI=1S/C40H54N4O4/c1-42(34-20-26-44(27-21-34)30-37-33(31-45)16-13-19-39(37)47-2)24-11-4-3-5-12-25-43-28-22-35(23-29-43)48-40(46)41-38-18-10-9-17-36(38)32-14-7-6-8-15-32/h6-10,13-19,31,34-35H,3-5,11-12,20-30H2,1-2H3,(H,41,46). The normalized spacial score (nSPS) is 16.6. The summed E-state index contributed by atoms with van der Waals surface area (Å²) in [7, 11) is 3.96. The highest BCUT2D eigenvalue weighted by Gasteiger charge is 2.24. The van der Waals surface area contributed by atoms with Gasteiger partial charge in [0.05, 0.1) is 12.8 Å². The minimum atomic E-state index is -0.369. The van der Waals surface area contributed by atoms with Gasteiger partial charge < -0.3 is 19.3 Å². The lowest BCUT2D eigenvalue weighted by atomic mass is 10.0. The highest BCUT2D eigenvalue weighted by Crippen LogP contribution is 2.28. The summed E-state index contributed by atoms with van der Waals surface area (Å²) in [5.74, 6) is 0.803. The van der Waals surface area contributed by atoms with Gasteiger partial charge in [0.25, 0.3) is 0 Å². The number of aldehydes is 1. The molecular weight excluding hydrogens is 600 g/mol. The zero-order valence-electron chi connectivity index (χ0n) is 28.9. The third kappa shape index (κ3) is 10.4. The van der Waals surface area contributed by atoms with E-state index in [1.54, 1.807) is 7.11 Å². The van der Waals surface area contributed by atoms with Crippen molar-refractivity contribution in [1.29, 1.82) is 0 Å². The summed E-state index contributed by atoms with van der Waals surface area (Å²) in [5, 5.41) is 2.98. The summed E-state index contributed by atoms with van der Waals surface area (Å²) in [6, 6.07) is 24.3. The van der Waals surface area contributed by atoms with E-state index in [9.17, 15) is 9.59 Å². The number of hydrogen-bond donors (Lipinski definition) is 1. The average Bonchev–Trinajstić information content (AvgIpc) is 3.12. The van der Waals surface area contributed by atoms with Gasteiger partial charge in [-0.25, -0.2) is 4.79 Å². The number of ether oxygens (including phenoxy) is 2. The maximum absolute atomic E-state index is 12.7.